The Kier molecular flexibility index (Phi) is 5.87. The van der Waals surface area contributed by atoms with Gasteiger partial charge in [-0.25, -0.2) is 13.9 Å². The van der Waals surface area contributed by atoms with Crippen LogP contribution < -0.4 is 10.2 Å². The molecule has 2 rings (SSSR count). The number of hydrogen-bond acceptors (Lipinski definition) is 5. The number of carbonyl (C=O) groups excluding carboxylic acids is 1. The van der Waals surface area contributed by atoms with Crippen molar-refractivity contribution in [3.05, 3.63) is 24.3 Å². The number of nitrogens with one attached hydrogen (secondary N) is 1. The maximum Gasteiger partial charge on any atom is 0.264 e. The van der Waals surface area contributed by atoms with Crippen LogP contribution in [0.5, 0.6) is 5.75 Å². The molecule has 1 aromatic carbocycles. The number of hydroxylamine groups is 1. The SMILES string of the molecule is COc1ccccc1S(=O)(=O)C(C)(CC1CCCCC1)C(=O)NO. The van der Waals surface area contributed by atoms with Crippen LogP contribution in [0.25, 0.3) is 0 Å². The van der Waals surface area contributed by atoms with Crippen LogP contribution in [0.2, 0.25) is 0 Å². The molecular weight excluding hydrogens is 330 g/mol. The number of hydrogen-bond donors (Lipinski definition) is 2. The average Bonchev–Trinajstić information content (AvgIpc) is 2.61. The number of carbonyl (C=O) groups is 1. The second-order valence-corrected chi connectivity index (χ2v) is 8.88. The molecule has 1 amide bonds. The molecule has 2 N–H and O–H groups in total. The van der Waals surface area contributed by atoms with E-state index in [4.69, 9.17) is 9.94 Å². The van der Waals surface area contributed by atoms with Crippen molar-refractivity contribution in [3.8, 4) is 5.75 Å². The summed E-state index contributed by atoms with van der Waals surface area (Å²) in [6, 6.07) is 6.23. The van der Waals surface area contributed by atoms with Crippen molar-refractivity contribution in [1.29, 1.82) is 0 Å². The second kappa shape index (κ2) is 7.53. The first kappa shape index (κ1) is 18.7. The Labute approximate surface area is 143 Å². The molecule has 24 heavy (non-hydrogen) atoms. The highest BCUT2D eigenvalue weighted by Crippen LogP contribution is 2.39. The molecule has 1 fully saturated rings. The van der Waals surface area contributed by atoms with Crippen LogP contribution in [0, 0.1) is 5.92 Å². The van der Waals surface area contributed by atoms with Gasteiger partial charge in [-0.15, -0.1) is 0 Å². The van der Waals surface area contributed by atoms with Crippen molar-refractivity contribution >= 4 is 15.7 Å². The van der Waals surface area contributed by atoms with E-state index in [1.807, 2.05) is 0 Å². The fraction of sp³-hybridized carbons (Fsp3) is 0.588. The molecule has 1 aromatic rings. The van der Waals surface area contributed by atoms with E-state index in [-0.39, 0.29) is 23.0 Å². The average molecular weight is 355 g/mol. The molecular formula is C17H25NO5S. The van der Waals surface area contributed by atoms with Crippen LogP contribution in [0.15, 0.2) is 29.2 Å². The van der Waals surface area contributed by atoms with E-state index in [1.165, 1.54) is 20.1 Å². The molecule has 1 saturated carbocycles. The Hall–Kier alpha value is -1.60. The third kappa shape index (κ3) is 3.42. The van der Waals surface area contributed by atoms with Crippen LogP contribution in [-0.4, -0.2) is 31.4 Å². The summed E-state index contributed by atoms with van der Waals surface area (Å²) in [5.41, 5.74) is 1.55. The third-order valence-electron chi connectivity index (χ3n) is 4.94. The van der Waals surface area contributed by atoms with Gasteiger partial charge in [0.15, 0.2) is 14.6 Å². The molecule has 1 aliphatic rings. The number of sulfone groups is 1. The predicted octanol–water partition coefficient (Wildman–Crippen LogP) is 2.70. The molecule has 7 heteroatoms. The summed E-state index contributed by atoms with van der Waals surface area (Å²) >= 11 is 0. The normalized spacial score (nSPS) is 18.6. The highest BCUT2D eigenvalue weighted by Gasteiger charge is 2.49. The van der Waals surface area contributed by atoms with E-state index in [9.17, 15) is 13.2 Å². The number of amides is 1. The Morgan fingerprint density at radius 2 is 1.92 bits per heavy atom. The van der Waals surface area contributed by atoms with Crippen LogP contribution in [-0.2, 0) is 14.6 Å². The molecule has 1 unspecified atom stereocenters. The van der Waals surface area contributed by atoms with Crippen molar-refractivity contribution in [3.63, 3.8) is 0 Å². The lowest BCUT2D eigenvalue weighted by atomic mass is 9.82. The van der Waals surface area contributed by atoms with Gasteiger partial charge in [-0.05, 0) is 31.4 Å². The first-order chi connectivity index (χ1) is 11.4. The summed E-state index contributed by atoms with van der Waals surface area (Å²) in [5.74, 6) is -0.567. The lowest BCUT2D eigenvalue weighted by molar-refractivity contribution is -0.132. The van der Waals surface area contributed by atoms with Crippen LogP contribution in [0.1, 0.15) is 45.4 Å². The Bertz CT molecular complexity index is 682. The van der Waals surface area contributed by atoms with Crippen molar-refractivity contribution in [1.82, 2.24) is 5.48 Å². The van der Waals surface area contributed by atoms with Crippen LogP contribution in [0.4, 0.5) is 0 Å². The smallest absolute Gasteiger partial charge is 0.264 e. The van der Waals surface area contributed by atoms with Gasteiger partial charge in [0.2, 0.25) is 0 Å². The first-order valence-corrected chi connectivity index (χ1v) is 9.67. The van der Waals surface area contributed by atoms with Crippen molar-refractivity contribution < 1.29 is 23.2 Å². The van der Waals surface area contributed by atoms with E-state index in [0.29, 0.717) is 0 Å². The Balaban J connectivity index is 2.47. The molecule has 0 saturated heterocycles. The monoisotopic (exact) mass is 355 g/mol. The molecule has 0 aliphatic heterocycles. The van der Waals surface area contributed by atoms with Crippen molar-refractivity contribution in [2.24, 2.45) is 5.92 Å². The topological polar surface area (TPSA) is 92.7 Å². The lowest BCUT2D eigenvalue weighted by Crippen LogP contribution is -2.50. The van der Waals surface area contributed by atoms with E-state index in [1.54, 1.807) is 23.7 Å². The molecule has 0 aromatic heterocycles. The zero-order chi connectivity index (χ0) is 17.8. The molecule has 0 radical (unpaired) electrons. The Morgan fingerprint density at radius 1 is 1.29 bits per heavy atom. The summed E-state index contributed by atoms with van der Waals surface area (Å²) < 4.78 is 29.9. The minimum absolute atomic E-state index is 0.0330. The number of methoxy groups -OCH3 is 1. The molecule has 134 valence electrons. The largest absolute Gasteiger partial charge is 0.495 e. The molecule has 6 nitrogen and oxygen atoms in total. The van der Waals surface area contributed by atoms with Gasteiger partial charge in [-0.2, -0.15) is 0 Å². The standard InChI is InChI=1S/C17H25NO5S/c1-17(16(19)18-20,12-13-8-4-3-5-9-13)24(21,22)15-11-7-6-10-14(15)23-2/h6-7,10-11,13,20H,3-5,8-9,12H2,1-2H3,(H,18,19). The maximum absolute atomic E-state index is 13.3. The van der Waals surface area contributed by atoms with E-state index in [0.717, 1.165) is 32.1 Å². The molecule has 0 bridgehead atoms. The summed E-state index contributed by atoms with van der Waals surface area (Å²) in [5, 5.41) is 9.14. The second-order valence-electron chi connectivity index (χ2n) is 6.53. The summed E-state index contributed by atoms with van der Waals surface area (Å²) in [6.45, 7) is 1.38. The van der Waals surface area contributed by atoms with Gasteiger partial charge in [-0.3, -0.25) is 10.0 Å². The summed E-state index contributed by atoms with van der Waals surface area (Å²) in [6.07, 6.45) is 5.19. The van der Waals surface area contributed by atoms with Crippen molar-refractivity contribution in [2.45, 2.75) is 55.1 Å². The number of benzene rings is 1. The first-order valence-electron chi connectivity index (χ1n) is 8.19. The summed E-state index contributed by atoms with van der Waals surface area (Å²) in [7, 11) is -2.66. The van der Waals surface area contributed by atoms with E-state index >= 15 is 0 Å². The van der Waals surface area contributed by atoms with Crippen LogP contribution in [0.3, 0.4) is 0 Å². The molecule has 1 aliphatic carbocycles. The highest BCUT2D eigenvalue weighted by atomic mass is 32.2. The number of para-hydroxylation sites is 1. The maximum atomic E-state index is 13.3. The predicted molar refractivity (Wildman–Crippen MR) is 89.7 cm³/mol. The highest BCUT2D eigenvalue weighted by molar-refractivity contribution is 7.93. The van der Waals surface area contributed by atoms with Gasteiger partial charge in [-0.1, -0.05) is 44.2 Å². The zero-order valence-electron chi connectivity index (χ0n) is 14.1. The molecule has 1 atom stereocenters. The molecule has 0 heterocycles. The van der Waals surface area contributed by atoms with E-state index < -0.39 is 20.5 Å². The zero-order valence-corrected chi connectivity index (χ0v) is 14.9. The third-order valence-corrected chi connectivity index (χ3v) is 7.39. The van der Waals surface area contributed by atoms with Gasteiger partial charge in [0.1, 0.15) is 10.6 Å². The van der Waals surface area contributed by atoms with Gasteiger partial charge in [0, 0.05) is 0 Å². The minimum atomic E-state index is -4.05. The van der Waals surface area contributed by atoms with Crippen LogP contribution >= 0.6 is 0 Å². The number of ether oxygens (including phenoxy) is 1. The van der Waals surface area contributed by atoms with E-state index in [2.05, 4.69) is 0 Å². The number of rotatable bonds is 6. The fourth-order valence-electron chi connectivity index (χ4n) is 3.47. The van der Waals surface area contributed by atoms with Gasteiger partial charge < -0.3 is 4.74 Å². The Morgan fingerprint density at radius 3 is 2.50 bits per heavy atom. The van der Waals surface area contributed by atoms with Crippen molar-refractivity contribution in [2.75, 3.05) is 7.11 Å². The van der Waals surface area contributed by atoms with Gasteiger partial charge >= 0.3 is 0 Å². The van der Waals surface area contributed by atoms with Gasteiger partial charge in [0.05, 0.1) is 7.11 Å². The lowest BCUT2D eigenvalue weighted by Gasteiger charge is -2.33. The molecule has 0 spiro atoms. The minimum Gasteiger partial charge on any atom is -0.495 e. The van der Waals surface area contributed by atoms with Gasteiger partial charge in [0.25, 0.3) is 5.91 Å². The summed E-state index contributed by atoms with van der Waals surface area (Å²) in [4.78, 5) is 12.3. The quantitative estimate of drug-likeness (QED) is 0.604. The fourth-order valence-corrected chi connectivity index (χ4v) is 5.37.